The zero-order valence-electron chi connectivity index (χ0n) is 12.6. The van der Waals surface area contributed by atoms with Crippen LogP contribution in [0.5, 0.6) is 0 Å². The molecule has 0 aromatic heterocycles. The molecule has 0 aliphatic carbocycles. The van der Waals surface area contributed by atoms with Crippen molar-refractivity contribution >= 4 is 12.2 Å². The Hall–Kier alpha value is -1.81. The molecule has 4 heteroatoms. The number of nitrogens with one attached hydrogen (secondary N) is 1. The Morgan fingerprint density at radius 3 is 2.45 bits per heavy atom. The molecule has 0 spiro atoms. The summed E-state index contributed by atoms with van der Waals surface area (Å²) in [6.45, 7) is 6.57. The highest BCUT2D eigenvalue weighted by Crippen LogP contribution is 2.07. The van der Waals surface area contributed by atoms with Gasteiger partial charge >= 0.3 is 6.09 Å². The highest BCUT2D eigenvalue weighted by atomic mass is 16.6. The summed E-state index contributed by atoms with van der Waals surface area (Å²) in [5.74, 6) is 0. The molecule has 0 fully saturated rings. The quantitative estimate of drug-likeness (QED) is 0.897. The third kappa shape index (κ3) is 6.95. The van der Waals surface area contributed by atoms with E-state index in [1.165, 1.54) is 0 Å². The summed E-state index contributed by atoms with van der Waals surface area (Å²) >= 11 is 0. The minimum absolute atomic E-state index is 0.405. The van der Waals surface area contributed by atoms with Crippen molar-refractivity contribution in [3.63, 3.8) is 0 Å². The number of hydrogen-bond acceptors (Lipinski definition) is 3. The predicted molar refractivity (Wildman–Crippen MR) is 80.4 cm³/mol. The van der Waals surface area contributed by atoms with E-state index in [4.69, 9.17) is 9.47 Å². The smallest absolute Gasteiger partial charge is 0.407 e. The van der Waals surface area contributed by atoms with Crippen molar-refractivity contribution in [3.8, 4) is 0 Å². The number of carbonyl (C=O) groups excluding carboxylic acids is 1. The summed E-state index contributed by atoms with van der Waals surface area (Å²) in [5.41, 5.74) is 1.75. The van der Waals surface area contributed by atoms with Gasteiger partial charge in [0.1, 0.15) is 5.60 Å². The van der Waals surface area contributed by atoms with Crippen LogP contribution in [0, 0.1) is 0 Å². The standard InChI is InChI=1S/C16H23NO3/c1-16(2,3)20-15(18)17-11-5-6-13-7-9-14(10-8-13)12-19-4/h5-10H,11-12H2,1-4H3,(H,17,18). The molecule has 4 nitrogen and oxygen atoms in total. The van der Waals surface area contributed by atoms with E-state index in [1.54, 1.807) is 7.11 Å². The average Bonchev–Trinajstić information content (AvgIpc) is 2.35. The molecule has 0 aliphatic rings. The van der Waals surface area contributed by atoms with E-state index in [0.717, 1.165) is 11.1 Å². The molecule has 0 heterocycles. The Balaban J connectivity index is 2.36. The Bertz CT molecular complexity index is 444. The lowest BCUT2D eigenvalue weighted by Gasteiger charge is -2.19. The third-order valence-electron chi connectivity index (χ3n) is 2.36. The summed E-state index contributed by atoms with van der Waals surface area (Å²) in [6.07, 6.45) is 3.43. The molecule has 1 aromatic carbocycles. The molecule has 1 N–H and O–H groups in total. The normalized spacial score (nSPS) is 11.6. The van der Waals surface area contributed by atoms with Crippen LogP contribution in [0.15, 0.2) is 30.3 Å². The largest absolute Gasteiger partial charge is 0.444 e. The number of ether oxygens (including phenoxy) is 2. The molecule has 1 aromatic rings. The van der Waals surface area contributed by atoms with E-state index < -0.39 is 11.7 Å². The second-order valence-corrected chi connectivity index (χ2v) is 5.46. The van der Waals surface area contributed by atoms with Gasteiger partial charge in [0.05, 0.1) is 6.61 Å². The van der Waals surface area contributed by atoms with Crippen LogP contribution in [0.25, 0.3) is 6.08 Å². The molecular weight excluding hydrogens is 254 g/mol. The van der Waals surface area contributed by atoms with Gasteiger partial charge in [0, 0.05) is 13.7 Å². The van der Waals surface area contributed by atoms with Gasteiger partial charge in [-0.15, -0.1) is 0 Å². The molecule has 0 bridgehead atoms. The summed E-state index contributed by atoms with van der Waals surface area (Å²) in [5, 5.41) is 2.67. The molecule has 1 rings (SSSR count). The second-order valence-electron chi connectivity index (χ2n) is 5.46. The van der Waals surface area contributed by atoms with Gasteiger partial charge in [-0.25, -0.2) is 4.79 Å². The van der Waals surface area contributed by atoms with Gasteiger partial charge in [-0.1, -0.05) is 36.4 Å². The maximum absolute atomic E-state index is 11.4. The van der Waals surface area contributed by atoms with Gasteiger partial charge in [-0.2, -0.15) is 0 Å². The number of carbonyl (C=O) groups is 1. The fourth-order valence-electron chi connectivity index (χ4n) is 1.54. The number of benzene rings is 1. The highest BCUT2D eigenvalue weighted by Gasteiger charge is 2.14. The minimum atomic E-state index is -0.467. The fourth-order valence-corrected chi connectivity index (χ4v) is 1.54. The van der Waals surface area contributed by atoms with Crippen molar-refractivity contribution in [1.82, 2.24) is 5.32 Å². The summed E-state index contributed by atoms with van der Waals surface area (Å²) in [4.78, 5) is 11.4. The molecule has 0 aliphatic heterocycles. The van der Waals surface area contributed by atoms with Crippen molar-refractivity contribution in [2.45, 2.75) is 33.0 Å². The number of hydrogen-bond donors (Lipinski definition) is 1. The van der Waals surface area contributed by atoms with E-state index in [-0.39, 0.29) is 0 Å². The number of alkyl carbamates (subject to hydrolysis) is 1. The van der Waals surface area contributed by atoms with Gasteiger partial charge in [0.15, 0.2) is 0 Å². The van der Waals surface area contributed by atoms with Gasteiger partial charge in [0.2, 0.25) is 0 Å². The van der Waals surface area contributed by atoms with E-state index in [1.807, 2.05) is 57.2 Å². The van der Waals surface area contributed by atoms with Gasteiger partial charge < -0.3 is 14.8 Å². The first-order valence-corrected chi connectivity index (χ1v) is 6.62. The summed E-state index contributed by atoms with van der Waals surface area (Å²) in [7, 11) is 1.68. The van der Waals surface area contributed by atoms with Crippen LogP contribution in [0.2, 0.25) is 0 Å². The van der Waals surface area contributed by atoms with E-state index in [9.17, 15) is 4.79 Å². The molecule has 110 valence electrons. The molecule has 1 amide bonds. The van der Waals surface area contributed by atoms with Crippen LogP contribution in [0.3, 0.4) is 0 Å². The average molecular weight is 277 g/mol. The van der Waals surface area contributed by atoms with Crippen LogP contribution >= 0.6 is 0 Å². The maximum Gasteiger partial charge on any atom is 0.407 e. The SMILES string of the molecule is COCc1ccc(C=CCNC(=O)OC(C)(C)C)cc1. The van der Waals surface area contributed by atoms with Crippen LogP contribution in [-0.2, 0) is 16.1 Å². The van der Waals surface area contributed by atoms with Crippen molar-refractivity contribution < 1.29 is 14.3 Å². The topological polar surface area (TPSA) is 47.6 Å². The highest BCUT2D eigenvalue weighted by molar-refractivity contribution is 5.68. The lowest BCUT2D eigenvalue weighted by atomic mass is 10.1. The van der Waals surface area contributed by atoms with Crippen molar-refractivity contribution in [1.29, 1.82) is 0 Å². The maximum atomic E-state index is 11.4. The van der Waals surface area contributed by atoms with Crippen LogP contribution in [0.4, 0.5) is 4.79 Å². The van der Waals surface area contributed by atoms with E-state index in [0.29, 0.717) is 13.2 Å². The molecule has 0 radical (unpaired) electrons. The summed E-state index contributed by atoms with van der Waals surface area (Å²) in [6, 6.07) is 8.06. The molecule has 0 saturated carbocycles. The van der Waals surface area contributed by atoms with Crippen molar-refractivity contribution in [2.75, 3.05) is 13.7 Å². The van der Waals surface area contributed by atoms with Gasteiger partial charge in [-0.3, -0.25) is 0 Å². The lowest BCUT2D eigenvalue weighted by Crippen LogP contribution is -2.32. The monoisotopic (exact) mass is 277 g/mol. The van der Waals surface area contributed by atoms with Gasteiger partial charge in [0.25, 0.3) is 0 Å². The Morgan fingerprint density at radius 2 is 1.90 bits per heavy atom. The van der Waals surface area contributed by atoms with Crippen molar-refractivity contribution in [2.24, 2.45) is 0 Å². The summed E-state index contributed by atoms with van der Waals surface area (Å²) < 4.78 is 10.2. The molecule has 0 unspecified atom stereocenters. The van der Waals surface area contributed by atoms with E-state index >= 15 is 0 Å². The molecular formula is C16H23NO3. The first-order valence-electron chi connectivity index (χ1n) is 6.62. The first-order chi connectivity index (χ1) is 9.40. The fraction of sp³-hybridized carbons (Fsp3) is 0.438. The van der Waals surface area contributed by atoms with E-state index in [2.05, 4.69) is 5.32 Å². The Morgan fingerprint density at radius 1 is 1.25 bits per heavy atom. The first kappa shape index (κ1) is 16.2. The zero-order valence-corrected chi connectivity index (χ0v) is 12.6. The van der Waals surface area contributed by atoms with Crippen molar-refractivity contribution in [3.05, 3.63) is 41.5 Å². The predicted octanol–water partition coefficient (Wildman–Crippen LogP) is 3.37. The third-order valence-corrected chi connectivity index (χ3v) is 2.36. The van der Waals surface area contributed by atoms with Gasteiger partial charge in [-0.05, 0) is 31.9 Å². The number of methoxy groups -OCH3 is 1. The minimum Gasteiger partial charge on any atom is -0.444 e. The van der Waals surface area contributed by atoms with Crippen LogP contribution in [-0.4, -0.2) is 25.3 Å². The molecule has 0 atom stereocenters. The zero-order chi connectivity index (χ0) is 15.0. The lowest BCUT2D eigenvalue weighted by molar-refractivity contribution is 0.0534. The Kier molecular flexibility index (Phi) is 6.25. The Labute approximate surface area is 120 Å². The second kappa shape index (κ2) is 7.70. The molecule has 20 heavy (non-hydrogen) atoms. The van der Waals surface area contributed by atoms with Crippen LogP contribution < -0.4 is 5.32 Å². The van der Waals surface area contributed by atoms with Crippen LogP contribution in [0.1, 0.15) is 31.9 Å². The molecule has 0 saturated heterocycles. The number of amides is 1. The number of rotatable bonds is 5.